The molecule has 1 aromatic heterocycles. The van der Waals surface area contributed by atoms with Crippen LogP contribution in [0.5, 0.6) is 0 Å². The van der Waals surface area contributed by atoms with Crippen molar-refractivity contribution in [2.75, 3.05) is 5.73 Å². The smallest absolute Gasteiger partial charge is 0.0491 e. The van der Waals surface area contributed by atoms with Gasteiger partial charge in [-0.05, 0) is 36.2 Å². The molecule has 0 bridgehead atoms. The number of nitrogens with two attached hydrogens (primary N) is 1. The van der Waals surface area contributed by atoms with Gasteiger partial charge in [0.15, 0.2) is 0 Å². The highest BCUT2D eigenvalue weighted by atomic mass is 35.5. The number of aryl methyl sites for hydroxylation is 1. The third-order valence-corrected chi connectivity index (χ3v) is 3.76. The van der Waals surface area contributed by atoms with Gasteiger partial charge in [0.25, 0.3) is 0 Å². The summed E-state index contributed by atoms with van der Waals surface area (Å²) >= 11 is 6.24. The van der Waals surface area contributed by atoms with E-state index in [9.17, 15) is 0 Å². The fraction of sp³-hybridized carbons (Fsp3) is 0.125. The molecule has 0 fully saturated rings. The molecule has 2 nitrogen and oxygen atoms in total. The number of hydrogen-bond donors (Lipinski definition) is 1. The predicted molar refractivity (Wildman–Crippen MR) is 81.6 cm³/mol. The minimum atomic E-state index is 0.697. The summed E-state index contributed by atoms with van der Waals surface area (Å²) in [5.74, 6) is 0. The first-order valence-electron chi connectivity index (χ1n) is 6.23. The molecule has 1 heterocycles. The second-order valence-electron chi connectivity index (χ2n) is 4.81. The van der Waals surface area contributed by atoms with Crippen LogP contribution in [0, 0.1) is 6.92 Å². The molecule has 3 rings (SSSR count). The number of aromatic nitrogens is 1. The summed E-state index contributed by atoms with van der Waals surface area (Å²) < 4.78 is 2.22. The van der Waals surface area contributed by atoms with Crippen LogP contribution in [0.1, 0.15) is 11.1 Å². The summed E-state index contributed by atoms with van der Waals surface area (Å²) in [6.45, 7) is 2.89. The molecule has 2 N–H and O–H groups in total. The van der Waals surface area contributed by atoms with E-state index in [1.807, 2.05) is 12.1 Å². The molecule has 0 amide bonds. The predicted octanol–water partition coefficient (Wildman–Crippen LogP) is 4.23. The van der Waals surface area contributed by atoms with Crippen molar-refractivity contribution in [1.29, 1.82) is 0 Å². The van der Waals surface area contributed by atoms with Crippen LogP contribution in [-0.2, 0) is 6.54 Å². The molecule has 3 aromatic rings. The van der Waals surface area contributed by atoms with E-state index < -0.39 is 0 Å². The highest BCUT2D eigenvalue weighted by Gasteiger charge is 2.07. The minimum Gasteiger partial charge on any atom is -0.399 e. The second kappa shape index (κ2) is 4.63. The van der Waals surface area contributed by atoms with Crippen LogP contribution < -0.4 is 5.73 Å². The maximum absolute atomic E-state index is 6.24. The molecule has 96 valence electrons. The van der Waals surface area contributed by atoms with Gasteiger partial charge in [0.1, 0.15) is 0 Å². The zero-order valence-corrected chi connectivity index (χ0v) is 11.5. The number of halogens is 1. The van der Waals surface area contributed by atoms with E-state index in [1.54, 1.807) is 6.07 Å². The van der Waals surface area contributed by atoms with Crippen LogP contribution in [0.3, 0.4) is 0 Å². The summed E-state index contributed by atoms with van der Waals surface area (Å²) in [6.07, 6.45) is 2.16. The molecule has 0 aliphatic carbocycles. The molecular formula is C16H15ClN2. The molecule has 3 heteroatoms. The van der Waals surface area contributed by atoms with Gasteiger partial charge >= 0.3 is 0 Å². The number of benzene rings is 2. The van der Waals surface area contributed by atoms with Gasteiger partial charge in [0, 0.05) is 34.4 Å². The van der Waals surface area contributed by atoms with Crippen LogP contribution in [0.2, 0.25) is 5.02 Å². The van der Waals surface area contributed by atoms with Gasteiger partial charge in [-0.25, -0.2) is 0 Å². The van der Waals surface area contributed by atoms with E-state index in [-0.39, 0.29) is 0 Å². The summed E-state index contributed by atoms with van der Waals surface area (Å²) in [5.41, 5.74) is 10.0. The van der Waals surface area contributed by atoms with E-state index in [1.165, 1.54) is 16.5 Å². The molecule has 19 heavy (non-hydrogen) atoms. The fourth-order valence-electron chi connectivity index (χ4n) is 2.44. The summed E-state index contributed by atoms with van der Waals surface area (Å²) in [7, 11) is 0. The number of nitrogen functional groups attached to an aromatic ring is 1. The number of para-hydroxylation sites is 1. The second-order valence-corrected chi connectivity index (χ2v) is 5.22. The lowest BCUT2D eigenvalue weighted by molar-refractivity contribution is 0.834. The normalized spacial score (nSPS) is 11.1. The van der Waals surface area contributed by atoms with E-state index in [0.29, 0.717) is 5.69 Å². The molecule has 0 unspecified atom stereocenters. The van der Waals surface area contributed by atoms with Crippen LogP contribution in [0.25, 0.3) is 10.9 Å². The van der Waals surface area contributed by atoms with Gasteiger partial charge in [0.05, 0.1) is 0 Å². The minimum absolute atomic E-state index is 0.697. The monoisotopic (exact) mass is 270 g/mol. The Hall–Kier alpha value is -1.93. The largest absolute Gasteiger partial charge is 0.399 e. The average Bonchev–Trinajstić information content (AvgIpc) is 2.71. The van der Waals surface area contributed by atoms with Crippen LogP contribution >= 0.6 is 11.6 Å². The Labute approximate surface area is 117 Å². The number of hydrogen-bond acceptors (Lipinski definition) is 1. The topological polar surface area (TPSA) is 30.9 Å². The lowest BCUT2D eigenvalue weighted by Crippen LogP contribution is -1.99. The zero-order valence-electron chi connectivity index (χ0n) is 10.7. The van der Waals surface area contributed by atoms with Crippen molar-refractivity contribution in [2.45, 2.75) is 13.5 Å². The van der Waals surface area contributed by atoms with Gasteiger partial charge in [0.2, 0.25) is 0 Å². The van der Waals surface area contributed by atoms with Crippen LogP contribution in [0.4, 0.5) is 5.69 Å². The van der Waals surface area contributed by atoms with Crippen molar-refractivity contribution in [1.82, 2.24) is 4.57 Å². The highest BCUT2D eigenvalue weighted by molar-refractivity contribution is 6.31. The SMILES string of the molecule is Cc1cn(Cc2ccc(N)cc2Cl)c2ccccc12. The van der Waals surface area contributed by atoms with Gasteiger partial charge in [-0.1, -0.05) is 35.9 Å². The quantitative estimate of drug-likeness (QED) is 0.694. The van der Waals surface area contributed by atoms with E-state index in [4.69, 9.17) is 17.3 Å². The molecule has 0 atom stereocenters. The standard InChI is InChI=1S/C16H15ClN2/c1-11-9-19(16-5-3-2-4-14(11)16)10-12-6-7-13(18)8-15(12)17/h2-9H,10,18H2,1H3. The van der Waals surface area contributed by atoms with Crippen molar-refractivity contribution in [3.8, 4) is 0 Å². The maximum atomic E-state index is 6.24. The van der Waals surface area contributed by atoms with Crippen molar-refractivity contribution in [3.05, 3.63) is 64.8 Å². The summed E-state index contributed by atoms with van der Waals surface area (Å²) in [4.78, 5) is 0. The van der Waals surface area contributed by atoms with Crippen molar-refractivity contribution < 1.29 is 0 Å². The molecule has 0 aliphatic heterocycles. The molecule has 0 saturated carbocycles. The molecule has 2 aromatic carbocycles. The first kappa shape index (κ1) is 12.1. The highest BCUT2D eigenvalue weighted by Crippen LogP contribution is 2.24. The average molecular weight is 271 g/mol. The van der Waals surface area contributed by atoms with Crippen molar-refractivity contribution in [2.24, 2.45) is 0 Å². The molecular weight excluding hydrogens is 256 g/mol. The van der Waals surface area contributed by atoms with Crippen LogP contribution in [0.15, 0.2) is 48.7 Å². The number of rotatable bonds is 2. The summed E-state index contributed by atoms with van der Waals surface area (Å²) in [5, 5.41) is 2.00. The van der Waals surface area contributed by atoms with Gasteiger partial charge in [-0.3, -0.25) is 0 Å². The van der Waals surface area contributed by atoms with Crippen LogP contribution in [-0.4, -0.2) is 4.57 Å². The molecule has 0 radical (unpaired) electrons. The van der Waals surface area contributed by atoms with Crippen molar-refractivity contribution >= 4 is 28.2 Å². The van der Waals surface area contributed by atoms with Gasteiger partial charge in [-0.2, -0.15) is 0 Å². The third-order valence-electron chi connectivity index (χ3n) is 3.41. The summed E-state index contributed by atoms with van der Waals surface area (Å²) in [6, 6.07) is 14.1. The Morgan fingerprint density at radius 3 is 2.74 bits per heavy atom. The third kappa shape index (κ3) is 2.20. The van der Waals surface area contributed by atoms with E-state index in [0.717, 1.165) is 17.1 Å². The fourth-order valence-corrected chi connectivity index (χ4v) is 2.69. The Morgan fingerprint density at radius 1 is 1.16 bits per heavy atom. The van der Waals surface area contributed by atoms with Gasteiger partial charge < -0.3 is 10.3 Å². The lowest BCUT2D eigenvalue weighted by atomic mass is 10.2. The number of anilines is 1. The van der Waals surface area contributed by atoms with Crippen molar-refractivity contribution in [3.63, 3.8) is 0 Å². The van der Waals surface area contributed by atoms with E-state index in [2.05, 4.69) is 42.0 Å². The lowest BCUT2D eigenvalue weighted by Gasteiger charge is -2.08. The first-order valence-corrected chi connectivity index (χ1v) is 6.61. The Balaban J connectivity index is 2.06. The maximum Gasteiger partial charge on any atom is 0.0491 e. The zero-order chi connectivity index (χ0) is 13.4. The molecule has 0 spiro atoms. The number of nitrogens with zero attached hydrogens (tertiary/aromatic N) is 1. The molecule has 0 saturated heterocycles. The first-order chi connectivity index (χ1) is 9.15. The Morgan fingerprint density at radius 2 is 1.95 bits per heavy atom. The Kier molecular flexibility index (Phi) is 2.96. The van der Waals surface area contributed by atoms with Gasteiger partial charge in [-0.15, -0.1) is 0 Å². The molecule has 0 aliphatic rings. The Bertz CT molecular complexity index is 744. The van der Waals surface area contributed by atoms with E-state index >= 15 is 0 Å². The number of fused-ring (bicyclic) bond motifs is 1.